The molecule has 0 aliphatic rings. The van der Waals surface area contributed by atoms with E-state index < -0.39 is 17.2 Å². The minimum Gasteiger partial charge on any atom is -0.495 e. The molecule has 1 N–H and O–H groups in total. The van der Waals surface area contributed by atoms with Gasteiger partial charge in [-0.2, -0.15) is 0 Å². The summed E-state index contributed by atoms with van der Waals surface area (Å²) in [7, 11) is 2.79. The van der Waals surface area contributed by atoms with E-state index in [2.05, 4.69) is 15.9 Å². The summed E-state index contributed by atoms with van der Waals surface area (Å²) in [6, 6.07) is 1.24. The zero-order valence-corrected chi connectivity index (χ0v) is 12.8. The van der Waals surface area contributed by atoms with Crippen molar-refractivity contribution in [2.24, 2.45) is 5.41 Å². The molecule has 0 bridgehead atoms. The smallest absolute Gasteiger partial charge is 0.309 e. The summed E-state index contributed by atoms with van der Waals surface area (Å²) in [6.07, 6.45) is 0.144. The van der Waals surface area contributed by atoms with E-state index in [4.69, 9.17) is 14.6 Å². The lowest BCUT2D eigenvalue weighted by molar-refractivity contribution is -0.146. The quantitative estimate of drug-likeness (QED) is 0.897. The van der Waals surface area contributed by atoms with Crippen LogP contribution in [0.15, 0.2) is 10.5 Å². The first-order chi connectivity index (χ1) is 8.74. The Morgan fingerprint density at radius 2 is 1.89 bits per heavy atom. The van der Waals surface area contributed by atoms with Gasteiger partial charge in [-0.1, -0.05) is 0 Å². The molecule has 0 amide bonds. The fourth-order valence-electron chi connectivity index (χ4n) is 1.72. The number of aliphatic carboxylic acids is 1. The zero-order chi connectivity index (χ0) is 14.8. The molecule has 0 atom stereocenters. The van der Waals surface area contributed by atoms with E-state index in [0.29, 0.717) is 15.8 Å². The van der Waals surface area contributed by atoms with Gasteiger partial charge in [-0.3, -0.25) is 4.79 Å². The maximum atomic E-state index is 13.8. The van der Waals surface area contributed by atoms with Gasteiger partial charge < -0.3 is 14.6 Å². The first kappa shape index (κ1) is 15.8. The van der Waals surface area contributed by atoms with Crippen LogP contribution in [0.2, 0.25) is 0 Å². The molecular formula is C13H16BrFO4. The topological polar surface area (TPSA) is 55.8 Å². The summed E-state index contributed by atoms with van der Waals surface area (Å²) in [5.41, 5.74) is -0.548. The Kier molecular flexibility index (Phi) is 4.79. The van der Waals surface area contributed by atoms with Gasteiger partial charge in [0, 0.05) is 0 Å². The predicted molar refractivity (Wildman–Crippen MR) is 72.3 cm³/mol. The highest BCUT2D eigenvalue weighted by molar-refractivity contribution is 9.10. The normalized spacial score (nSPS) is 11.3. The van der Waals surface area contributed by atoms with E-state index in [1.165, 1.54) is 20.3 Å². The van der Waals surface area contributed by atoms with E-state index in [-0.39, 0.29) is 12.2 Å². The van der Waals surface area contributed by atoms with Gasteiger partial charge in [0.15, 0.2) is 11.6 Å². The third kappa shape index (κ3) is 3.18. The molecule has 4 nitrogen and oxygen atoms in total. The Hall–Kier alpha value is -1.30. The molecule has 106 valence electrons. The van der Waals surface area contributed by atoms with Crippen LogP contribution in [0.5, 0.6) is 11.5 Å². The molecule has 0 saturated carbocycles. The van der Waals surface area contributed by atoms with Crippen molar-refractivity contribution in [3.05, 3.63) is 21.9 Å². The minimum absolute atomic E-state index is 0.0359. The van der Waals surface area contributed by atoms with Crippen molar-refractivity contribution >= 4 is 21.9 Å². The van der Waals surface area contributed by atoms with Crippen molar-refractivity contribution in [2.45, 2.75) is 20.3 Å². The molecule has 0 aliphatic heterocycles. The summed E-state index contributed by atoms with van der Waals surface area (Å²) in [5.74, 6) is -1.10. The number of carboxylic acids is 1. The monoisotopic (exact) mass is 334 g/mol. The molecule has 0 spiro atoms. The average molecular weight is 335 g/mol. The van der Waals surface area contributed by atoms with Gasteiger partial charge in [0.2, 0.25) is 0 Å². The van der Waals surface area contributed by atoms with Crippen LogP contribution in [0, 0.1) is 11.2 Å². The molecule has 19 heavy (non-hydrogen) atoms. The first-order valence-electron chi connectivity index (χ1n) is 5.56. The number of rotatable bonds is 5. The number of hydrogen-bond acceptors (Lipinski definition) is 3. The number of carboxylic acid groups (broad SMARTS) is 1. The Morgan fingerprint density at radius 1 is 1.37 bits per heavy atom. The standard InChI is InChI=1S/C13H16BrFO4/c1-13(2,12(16)17)6-7-5-8(15)11(19-4)9(14)10(7)18-3/h5H,6H2,1-4H3,(H,16,17). The molecule has 1 rings (SSSR count). The fourth-order valence-corrected chi connectivity index (χ4v) is 2.49. The third-order valence-corrected chi connectivity index (χ3v) is 3.55. The third-order valence-electron chi connectivity index (χ3n) is 2.83. The Labute approximate surface area is 119 Å². The van der Waals surface area contributed by atoms with Crippen molar-refractivity contribution in [2.75, 3.05) is 14.2 Å². The SMILES string of the molecule is COc1c(F)cc(CC(C)(C)C(=O)O)c(OC)c1Br. The highest BCUT2D eigenvalue weighted by atomic mass is 79.9. The van der Waals surface area contributed by atoms with Gasteiger partial charge >= 0.3 is 5.97 Å². The number of ether oxygens (including phenoxy) is 2. The predicted octanol–water partition coefficient (Wildman–Crippen LogP) is 3.26. The first-order valence-corrected chi connectivity index (χ1v) is 6.36. The van der Waals surface area contributed by atoms with Gasteiger partial charge in [0.05, 0.1) is 19.6 Å². The van der Waals surface area contributed by atoms with Crippen molar-refractivity contribution < 1.29 is 23.8 Å². The van der Waals surface area contributed by atoms with Crippen molar-refractivity contribution in [3.8, 4) is 11.5 Å². The second-order valence-corrected chi connectivity index (χ2v) is 5.56. The zero-order valence-electron chi connectivity index (χ0n) is 11.2. The summed E-state index contributed by atoms with van der Waals surface area (Å²) >= 11 is 3.21. The van der Waals surface area contributed by atoms with E-state index in [9.17, 15) is 9.18 Å². The Balaban J connectivity index is 3.33. The van der Waals surface area contributed by atoms with Crippen LogP contribution >= 0.6 is 15.9 Å². The lowest BCUT2D eigenvalue weighted by atomic mass is 9.85. The maximum absolute atomic E-state index is 13.8. The lowest BCUT2D eigenvalue weighted by Gasteiger charge is -2.22. The van der Waals surface area contributed by atoms with E-state index >= 15 is 0 Å². The Bertz CT molecular complexity index is 500. The van der Waals surface area contributed by atoms with Gasteiger partial charge in [0.1, 0.15) is 10.2 Å². The average Bonchev–Trinajstić information content (AvgIpc) is 2.28. The molecular weight excluding hydrogens is 319 g/mol. The van der Waals surface area contributed by atoms with E-state index in [1.54, 1.807) is 13.8 Å². The van der Waals surface area contributed by atoms with Gasteiger partial charge in [-0.05, 0) is 47.8 Å². The van der Waals surface area contributed by atoms with E-state index in [1.807, 2.05) is 0 Å². The van der Waals surface area contributed by atoms with E-state index in [0.717, 1.165) is 0 Å². The lowest BCUT2D eigenvalue weighted by Crippen LogP contribution is -2.26. The highest BCUT2D eigenvalue weighted by Gasteiger charge is 2.30. The van der Waals surface area contributed by atoms with Gasteiger partial charge in [-0.15, -0.1) is 0 Å². The van der Waals surface area contributed by atoms with Crippen LogP contribution in [0.3, 0.4) is 0 Å². The highest BCUT2D eigenvalue weighted by Crippen LogP contribution is 2.41. The van der Waals surface area contributed by atoms with Crippen LogP contribution in [0.25, 0.3) is 0 Å². The van der Waals surface area contributed by atoms with Crippen LogP contribution in [0.1, 0.15) is 19.4 Å². The number of carbonyl (C=O) groups is 1. The number of halogens is 2. The molecule has 0 fully saturated rings. The van der Waals surface area contributed by atoms with Crippen LogP contribution in [-0.4, -0.2) is 25.3 Å². The van der Waals surface area contributed by atoms with Gasteiger partial charge in [-0.25, -0.2) is 4.39 Å². The number of methoxy groups -OCH3 is 2. The molecule has 1 aromatic rings. The summed E-state index contributed by atoms with van der Waals surface area (Å²) < 4.78 is 24.3. The number of benzene rings is 1. The molecule has 0 radical (unpaired) electrons. The molecule has 0 unspecified atom stereocenters. The minimum atomic E-state index is -1.02. The molecule has 1 aromatic carbocycles. The Morgan fingerprint density at radius 3 is 2.32 bits per heavy atom. The van der Waals surface area contributed by atoms with Crippen molar-refractivity contribution in [1.29, 1.82) is 0 Å². The van der Waals surface area contributed by atoms with Crippen LogP contribution in [-0.2, 0) is 11.2 Å². The van der Waals surface area contributed by atoms with Crippen molar-refractivity contribution in [1.82, 2.24) is 0 Å². The molecule has 6 heteroatoms. The largest absolute Gasteiger partial charge is 0.495 e. The molecule has 0 heterocycles. The fraction of sp³-hybridized carbons (Fsp3) is 0.462. The van der Waals surface area contributed by atoms with Crippen molar-refractivity contribution in [3.63, 3.8) is 0 Å². The van der Waals surface area contributed by atoms with Gasteiger partial charge in [0.25, 0.3) is 0 Å². The maximum Gasteiger partial charge on any atom is 0.309 e. The summed E-state index contributed by atoms with van der Waals surface area (Å²) in [6.45, 7) is 3.15. The van der Waals surface area contributed by atoms with Crippen LogP contribution in [0.4, 0.5) is 4.39 Å². The second kappa shape index (κ2) is 5.77. The molecule has 0 aromatic heterocycles. The summed E-state index contributed by atoms with van der Waals surface area (Å²) in [5, 5.41) is 9.13. The molecule has 0 saturated heterocycles. The van der Waals surface area contributed by atoms with Crippen LogP contribution < -0.4 is 9.47 Å². The molecule has 0 aliphatic carbocycles. The number of hydrogen-bond donors (Lipinski definition) is 1. The summed E-state index contributed by atoms with van der Waals surface area (Å²) in [4.78, 5) is 11.1. The second-order valence-electron chi connectivity index (χ2n) is 4.76.